The number of thiophene rings is 1. The third kappa shape index (κ3) is 4.34. The summed E-state index contributed by atoms with van der Waals surface area (Å²) in [5.74, 6) is 0.872. The van der Waals surface area contributed by atoms with Crippen LogP contribution in [-0.2, 0) is 11.3 Å². The van der Waals surface area contributed by atoms with E-state index < -0.39 is 5.91 Å². The highest BCUT2D eigenvalue weighted by Crippen LogP contribution is 2.24. The molecule has 1 aromatic carbocycles. The topological polar surface area (TPSA) is 71.3 Å². The number of amides is 1. The average molecular weight is 328 g/mol. The quantitative estimate of drug-likeness (QED) is 0.653. The third-order valence-electron chi connectivity index (χ3n) is 3.13. The molecule has 0 aliphatic rings. The van der Waals surface area contributed by atoms with Gasteiger partial charge in [0.1, 0.15) is 23.1 Å². The van der Waals surface area contributed by atoms with Crippen molar-refractivity contribution in [1.29, 1.82) is 5.26 Å². The minimum atomic E-state index is -0.418. The van der Waals surface area contributed by atoms with Crippen molar-refractivity contribution in [2.24, 2.45) is 0 Å². The second kappa shape index (κ2) is 8.01. The number of hydrogen-bond donors (Lipinski definition) is 1. The van der Waals surface area contributed by atoms with E-state index in [2.05, 4.69) is 5.32 Å². The molecule has 0 fully saturated rings. The summed E-state index contributed by atoms with van der Waals surface area (Å²) in [5.41, 5.74) is 0.870. The summed E-state index contributed by atoms with van der Waals surface area (Å²) in [6, 6.07) is 11.0. The number of ether oxygens (including phenoxy) is 2. The first kappa shape index (κ1) is 16.6. The molecule has 1 amide bonds. The standard InChI is InChI=1S/C17H16N2O3S/c1-21-14-6-5-12(16(9-14)22-2)11-19-17(20)13(10-18)8-15-4-3-7-23-15/h3-9H,11H2,1-2H3,(H,19,20)/b13-8+. The second-order valence-electron chi connectivity index (χ2n) is 4.55. The summed E-state index contributed by atoms with van der Waals surface area (Å²) < 4.78 is 10.4. The van der Waals surface area contributed by atoms with Crippen molar-refractivity contribution in [2.45, 2.75) is 6.54 Å². The van der Waals surface area contributed by atoms with Gasteiger partial charge in [-0.2, -0.15) is 5.26 Å². The van der Waals surface area contributed by atoms with Crippen LogP contribution in [0.4, 0.5) is 0 Å². The summed E-state index contributed by atoms with van der Waals surface area (Å²) in [7, 11) is 3.13. The predicted octanol–water partition coefficient (Wildman–Crippen LogP) is 2.99. The van der Waals surface area contributed by atoms with Gasteiger partial charge in [0.2, 0.25) is 0 Å². The highest BCUT2D eigenvalue weighted by atomic mass is 32.1. The van der Waals surface area contributed by atoms with Gasteiger partial charge < -0.3 is 14.8 Å². The van der Waals surface area contributed by atoms with Crippen molar-refractivity contribution in [3.05, 3.63) is 51.7 Å². The summed E-state index contributed by atoms with van der Waals surface area (Å²) in [6.07, 6.45) is 1.57. The maximum Gasteiger partial charge on any atom is 0.262 e. The lowest BCUT2D eigenvalue weighted by Crippen LogP contribution is -2.24. The third-order valence-corrected chi connectivity index (χ3v) is 3.95. The average Bonchev–Trinajstić information content (AvgIpc) is 3.10. The molecule has 1 N–H and O–H groups in total. The predicted molar refractivity (Wildman–Crippen MR) is 89.3 cm³/mol. The Labute approximate surface area is 138 Å². The molecule has 0 aliphatic carbocycles. The molecule has 23 heavy (non-hydrogen) atoms. The highest BCUT2D eigenvalue weighted by molar-refractivity contribution is 7.10. The fourth-order valence-corrected chi connectivity index (χ4v) is 2.59. The lowest BCUT2D eigenvalue weighted by molar-refractivity contribution is -0.117. The molecule has 2 rings (SSSR count). The molecule has 0 atom stereocenters. The van der Waals surface area contributed by atoms with Crippen molar-refractivity contribution < 1.29 is 14.3 Å². The van der Waals surface area contributed by atoms with Gasteiger partial charge in [-0.05, 0) is 29.7 Å². The van der Waals surface area contributed by atoms with Gasteiger partial charge in [-0.25, -0.2) is 0 Å². The Bertz CT molecular complexity index is 746. The van der Waals surface area contributed by atoms with E-state index in [1.54, 1.807) is 32.4 Å². The molecule has 0 aliphatic heterocycles. The largest absolute Gasteiger partial charge is 0.497 e. The maximum absolute atomic E-state index is 12.1. The summed E-state index contributed by atoms with van der Waals surface area (Å²) >= 11 is 1.47. The SMILES string of the molecule is COc1ccc(CNC(=O)/C(C#N)=C/c2cccs2)c(OC)c1. The molecule has 0 spiro atoms. The van der Waals surface area contributed by atoms with Crippen LogP contribution in [0, 0.1) is 11.3 Å². The van der Waals surface area contributed by atoms with E-state index in [9.17, 15) is 4.79 Å². The maximum atomic E-state index is 12.1. The number of benzene rings is 1. The monoisotopic (exact) mass is 328 g/mol. The Morgan fingerprint density at radius 1 is 1.35 bits per heavy atom. The normalized spacial score (nSPS) is 10.7. The molecule has 6 heteroatoms. The lowest BCUT2D eigenvalue weighted by Gasteiger charge is -2.11. The Kier molecular flexibility index (Phi) is 5.78. The molecule has 1 aromatic heterocycles. The number of methoxy groups -OCH3 is 2. The van der Waals surface area contributed by atoms with Crippen LogP contribution in [0.2, 0.25) is 0 Å². The van der Waals surface area contributed by atoms with Crippen LogP contribution in [0.1, 0.15) is 10.4 Å². The van der Waals surface area contributed by atoms with Crippen molar-refractivity contribution in [1.82, 2.24) is 5.32 Å². The number of carbonyl (C=O) groups excluding carboxylic acids is 1. The minimum Gasteiger partial charge on any atom is -0.497 e. The summed E-state index contributed by atoms with van der Waals surface area (Å²) in [6.45, 7) is 0.259. The van der Waals surface area contributed by atoms with E-state index in [1.807, 2.05) is 29.6 Å². The van der Waals surface area contributed by atoms with E-state index in [0.717, 1.165) is 10.4 Å². The van der Waals surface area contributed by atoms with Crippen LogP contribution in [0.25, 0.3) is 6.08 Å². The number of nitrogens with one attached hydrogen (secondary N) is 1. The zero-order valence-electron chi connectivity index (χ0n) is 12.8. The lowest BCUT2D eigenvalue weighted by atomic mass is 10.1. The summed E-state index contributed by atoms with van der Waals surface area (Å²) in [5, 5.41) is 13.8. The number of hydrogen-bond acceptors (Lipinski definition) is 5. The Morgan fingerprint density at radius 2 is 2.17 bits per heavy atom. The van der Waals surface area contributed by atoms with E-state index in [1.165, 1.54) is 11.3 Å². The van der Waals surface area contributed by atoms with Crippen molar-refractivity contribution in [2.75, 3.05) is 14.2 Å². The highest BCUT2D eigenvalue weighted by Gasteiger charge is 2.11. The Hall–Kier alpha value is -2.78. The molecule has 0 saturated heterocycles. The molecular formula is C17H16N2O3S. The van der Waals surface area contributed by atoms with Gasteiger partial charge in [0.25, 0.3) is 5.91 Å². The second-order valence-corrected chi connectivity index (χ2v) is 5.52. The van der Waals surface area contributed by atoms with Crippen molar-refractivity contribution in [3.8, 4) is 17.6 Å². The van der Waals surface area contributed by atoms with Crippen LogP contribution >= 0.6 is 11.3 Å². The van der Waals surface area contributed by atoms with Crippen LogP contribution in [0.15, 0.2) is 41.3 Å². The van der Waals surface area contributed by atoms with Crippen LogP contribution < -0.4 is 14.8 Å². The Balaban J connectivity index is 2.08. The first-order valence-electron chi connectivity index (χ1n) is 6.82. The van der Waals surface area contributed by atoms with Crippen LogP contribution in [0.3, 0.4) is 0 Å². The van der Waals surface area contributed by atoms with Gasteiger partial charge in [-0.3, -0.25) is 4.79 Å². The van der Waals surface area contributed by atoms with E-state index in [0.29, 0.717) is 11.5 Å². The zero-order chi connectivity index (χ0) is 16.7. The number of nitriles is 1. The molecule has 118 valence electrons. The number of nitrogens with zero attached hydrogens (tertiary/aromatic N) is 1. The molecule has 0 saturated carbocycles. The Morgan fingerprint density at radius 3 is 2.78 bits per heavy atom. The number of rotatable bonds is 6. The van der Waals surface area contributed by atoms with E-state index in [-0.39, 0.29) is 12.1 Å². The molecule has 0 bridgehead atoms. The molecule has 2 aromatic rings. The van der Waals surface area contributed by atoms with Crippen molar-refractivity contribution >= 4 is 23.3 Å². The van der Waals surface area contributed by atoms with Gasteiger partial charge in [-0.1, -0.05) is 6.07 Å². The van der Waals surface area contributed by atoms with Crippen LogP contribution in [-0.4, -0.2) is 20.1 Å². The first-order chi connectivity index (χ1) is 11.2. The van der Waals surface area contributed by atoms with Gasteiger partial charge in [0.05, 0.1) is 14.2 Å². The van der Waals surface area contributed by atoms with Crippen molar-refractivity contribution in [3.63, 3.8) is 0 Å². The van der Waals surface area contributed by atoms with Gasteiger partial charge >= 0.3 is 0 Å². The fraction of sp³-hybridized carbons (Fsp3) is 0.176. The van der Waals surface area contributed by atoms with Crippen LogP contribution in [0.5, 0.6) is 11.5 Å². The first-order valence-corrected chi connectivity index (χ1v) is 7.70. The van der Waals surface area contributed by atoms with E-state index >= 15 is 0 Å². The minimum absolute atomic E-state index is 0.0694. The smallest absolute Gasteiger partial charge is 0.262 e. The molecular weight excluding hydrogens is 312 g/mol. The van der Waals surface area contributed by atoms with Gasteiger partial charge in [-0.15, -0.1) is 11.3 Å². The molecule has 0 unspecified atom stereocenters. The summed E-state index contributed by atoms with van der Waals surface area (Å²) in [4.78, 5) is 13.0. The van der Waals surface area contributed by atoms with E-state index in [4.69, 9.17) is 14.7 Å². The fourth-order valence-electron chi connectivity index (χ4n) is 1.93. The van der Waals surface area contributed by atoms with Gasteiger partial charge in [0, 0.05) is 23.1 Å². The zero-order valence-corrected chi connectivity index (χ0v) is 13.6. The molecule has 1 heterocycles. The molecule has 5 nitrogen and oxygen atoms in total. The number of carbonyl (C=O) groups is 1. The molecule has 0 radical (unpaired) electrons. The van der Waals surface area contributed by atoms with Gasteiger partial charge in [0.15, 0.2) is 0 Å².